The lowest BCUT2D eigenvalue weighted by Gasteiger charge is -2.13. The van der Waals surface area contributed by atoms with E-state index in [0.717, 1.165) is 22.4 Å². The molecule has 0 aromatic heterocycles. The third-order valence-electron chi connectivity index (χ3n) is 3.35. The van der Waals surface area contributed by atoms with Gasteiger partial charge in [0.15, 0.2) is 0 Å². The first-order valence-electron chi connectivity index (χ1n) is 7.35. The summed E-state index contributed by atoms with van der Waals surface area (Å²) in [5.74, 6) is 1.06. The van der Waals surface area contributed by atoms with Crippen molar-refractivity contribution in [2.75, 3.05) is 20.8 Å². The minimum Gasteiger partial charge on any atom is -0.497 e. The Hall–Kier alpha value is -2.75. The summed E-state index contributed by atoms with van der Waals surface area (Å²) in [5.41, 5.74) is 2.44. The number of hydrogen-bond donors (Lipinski definition) is 0. The van der Waals surface area contributed by atoms with E-state index in [-0.39, 0.29) is 5.97 Å². The predicted octanol–water partition coefficient (Wildman–Crippen LogP) is 3.70. The van der Waals surface area contributed by atoms with Gasteiger partial charge in [0.2, 0.25) is 0 Å². The van der Waals surface area contributed by atoms with Gasteiger partial charge in [0, 0.05) is 11.6 Å². The van der Waals surface area contributed by atoms with Crippen LogP contribution in [0.2, 0.25) is 0 Å². The maximum absolute atomic E-state index is 12.0. The van der Waals surface area contributed by atoms with E-state index in [1.54, 1.807) is 21.1 Å². The van der Waals surface area contributed by atoms with Gasteiger partial charge >= 0.3 is 5.97 Å². The fourth-order valence-corrected chi connectivity index (χ4v) is 2.26. The quantitative estimate of drug-likeness (QED) is 0.602. The SMILES string of the molecule is CCOC(=O)/C=C(\c1ccc(OC)cc1)c1ccccc1OC. The smallest absolute Gasteiger partial charge is 0.331 e. The standard InChI is InChI=1S/C19H20O4/c1-4-23-19(20)13-17(14-9-11-15(21-2)12-10-14)16-7-5-6-8-18(16)22-3/h5-13H,4H2,1-3H3/b17-13+. The molecule has 0 spiro atoms. The van der Waals surface area contributed by atoms with Crippen LogP contribution in [-0.2, 0) is 9.53 Å². The van der Waals surface area contributed by atoms with E-state index < -0.39 is 0 Å². The van der Waals surface area contributed by atoms with Crippen LogP contribution in [0.3, 0.4) is 0 Å². The number of hydrogen-bond acceptors (Lipinski definition) is 4. The lowest BCUT2D eigenvalue weighted by molar-refractivity contribution is -0.137. The molecule has 0 N–H and O–H groups in total. The van der Waals surface area contributed by atoms with Crippen molar-refractivity contribution in [3.8, 4) is 11.5 Å². The largest absolute Gasteiger partial charge is 0.497 e. The molecule has 0 aliphatic rings. The molecule has 0 aliphatic heterocycles. The summed E-state index contributed by atoms with van der Waals surface area (Å²) in [6.07, 6.45) is 1.49. The van der Waals surface area contributed by atoms with Gasteiger partial charge < -0.3 is 14.2 Å². The van der Waals surface area contributed by atoms with Gasteiger partial charge in [0.25, 0.3) is 0 Å². The first kappa shape index (κ1) is 16.6. The molecule has 23 heavy (non-hydrogen) atoms. The Morgan fingerprint density at radius 1 is 1.00 bits per heavy atom. The van der Waals surface area contributed by atoms with Gasteiger partial charge in [-0.05, 0) is 36.3 Å². The van der Waals surface area contributed by atoms with Crippen LogP contribution in [0, 0.1) is 0 Å². The van der Waals surface area contributed by atoms with Gasteiger partial charge in [-0.1, -0.05) is 30.3 Å². The molecule has 0 aliphatic carbocycles. The monoisotopic (exact) mass is 312 g/mol. The Morgan fingerprint density at radius 2 is 1.70 bits per heavy atom. The summed E-state index contributed by atoms with van der Waals surface area (Å²) in [7, 11) is 3.22. The predicted molar refractivity (Wildman–Crippen MR) is 89.7 cm³/mol. The average molecular weight is 312 g/mol. The molecular formula is C19H20O4. The van der Waals surface area contributed by atoms with Crippen LogP contribution in [0.15, 0.2) is 54.6 Å². The van der Waals surface area contributed by atoms with E-state index in [2.05, 4.69) is 0 Å². The van der Waals surface area contributed by atoms with Crippen LogP contribution >= 0.6 is 0 Å². The first-order valence-corrected chi connectivity index (χ1v) is 7.35. The number of carbonyl (C=O) groups is 1. The normalized spacial score (nSPS) is 11.0. The number of methoxy groups -OCH3 is 2. The Kier molecular flexibility index (Phi) is 5.80. The zero-order valence-electron chi connectivity index (χ0n) is 13.5. The average Bonchev–Trinajstić information content (AvgIpc) is 2.60. The van der Waals surface area contributed by atoms with Crippen LogP contribution < -0.4 is 9.47 Å². The Labute approximate surface area is 136 Å². The minimum atomic E-state index is -0.385. The molecule has 120 valence electrons. The van der Waals surface area contributed by atoms with Crippen molar-refractivity contribution in [3.63, 3.8) is 0 Å². The molecular weight excluding hydrogens is 292 g/mol. The molecule has 4 heteroatoms. The van der Waals surface area contributed by atoms with E-state index in [1.165, 1.54) is 6.08 Å². The highest BCUT2D eigenvalue weighted by Crippen LogP contribution is 2.31. The lowest BCUT2D eigenvalue weighted by atomic mass is 9.96. The molecule has 0 bridgehead atoms. The fraction of sp³-hybridized carbons (Fsp3) is 0.211. The molecule has 2 aromatic carbocycles. The first-order chi connectivity index (χ1) is 11.2. The maximum atomic E-state index is 12.0. The van der Waals surface area contributed by atoms with E-state index in [1.807, 2.05) is 48.5 Å². The molecule has 2 rings (SSSR count). The summed E-state index contributed by atoms with van der Waals surface area (Å²) in [5, 5.41) is 0. The summed E-state index contributed by atoms with van der Waals surface area (Å²) in [6.45, 7) is 2.11. The highest BCUT2D eigenvalue weighted by molar-refractivity contribution is 5.97. The number of rotatable bonds is 6. The van der Waals surface area contributed by atoms with Crippen LogP contribution in [0.4, 0.5) is 0 Å². The Morgan fingerprint density at radius 3 is 2.30 bits per heavy atom. The summed E-state index contributed by atoms with van der Waals surface area (Å²) in [4.78, 5) is 12.0. The van der Waals surface area contributed by atoms with E-state index in [4.69, 9.17) is 14.2 Å². The molecule has 0 saturated carbocycles. The number of para-hydroxylation sites is 1. The van der Waals surface area contributed by atoms with Crippen LogP contribution in [0.25, 0.3) is 5.57 Å². The topological polar surface area (TPSA) is 44.8 Å². The third-order valence-corrected chi connectivity index (χ3v) is 3.35. The molecule has 4 nitrogen and oxygen atoms in total. The molecule has 0 radical (unpaired) electrons. The van der Waals surface area contributed by atoms with E-state index in [0.29, 0.717) is 12.4 Å². The Balaban J connectivity index is 2.53. The van der Waals surface area contributed by atoms with Crippen LogP contribution in [-0.4, -0.2) is 26.8 Å². The number of carbonyl (C=O) groups excluding carboxylic acids is 1. The highest BCUT2D eigenvalue weighted by Gasteiger charge is 2.13. The van der Waals surface area contributed by atoms with Crippen molar-refractivity contribution in [2.45, 2.75) is 6.92 Å². The van der Waals surface area contributed by atoms with Gasteiger partial charge in [0.1, 0.15) is 11.5 Å². The van der Waals surface area contributed by atoms with Crippen molar-refractivity contribution in [1.82, 2.24) is 0 Å². The Bertz CT molecular complexity index is 687. The molecule has 0 fully saturated rings. The number of ether oxygens (including phenoxy) is 3. The molecule has 0 amide bonds. The second-order valence-electron chi connectivity index (χ2n) is 4.74. The summed E-state index contributed by atoms with van der Waals surface area (Å²) in [6, 6.07) is 15.1. The van der Waals surface area contributed by atoms with Gasteiger partial charge in [-0.25, -0.2) is 4.79 Å². The molecule has 0 saturated heterocycles. The molecule has 0 atom stereocenters. The zero-order valence-corrected chi connectivity index (χ0v) is 13.5. The van der Waals surface area contributed by atoms with E-state index >= 15 is 0 Å². The van der Waals surface area contributed by atoms with Crippen LogP contribution in [0.1, 0.15) is 18.1 Å². The summed E-state index contributed by atoms with van der Waals surface area (Å²) < 4.78 is 15.7. The minimum absolute atomic E-state index is 0.331. The number of esters is 1. The van der Waals surface area contributed by atoms with Crippen molar-refractivity contribution < 1.29 is 19.0 Å². The zero-order chi connectivity index (χ0) is 16.7. The number of benzene rings is 2. The van der Waals surface area contributed by atoms with Gasteiger partial charge in [-0.3, -0.25) is 0 Å². The second-order valence-corrected chi connectivity index (χ2v) is 4.74. The van der Waals surface area contributed by atoms with Gasteiger partial charge in [-0.15, -0.1) is 0 Å². The second kappa shape index (κ2) is 8.03. The highest BCUT2D eigenvalue weighted by atomic mass is 16.5. The summed E-state index contributed by atoms with van der Waals surface area (Å²) >= 11 is 0. The third kappa shape index (κ3) is 4.13. The van der Waals surface area contributed by atoms with Gasteiger partial charge in [0.05, 0.1) is 20.8 Å². The molecule has 2 aromatic rings. The van der Waals surface area contributed by atoms with Crippen molar-refractivity contribution >= 4 is 11.5 Å². The van der Waals surface area contributed by atoms with Crippen molar-refractivity contribution in [1.29, 1.82) is 0 Å². The fourth-order valence-electron chi connectivity index (χ4n) is 2.26. The molecule has 0 heterocycles. The molecule has 0 unspecified atom stereocenters. The van der Waals surface area contributed by atoms with Gasteiger partial charge in [-0.2, -0.15) is 0 Å². The van der Waals surface area contributed by atoms with Crippen molar-refractivity contribution in [2.24, 2.45) is 0 Å². The van der Waals surface area contributed by atoms with Crippen molar-refractivity contribution in [3.05, 3.63) is 65.7 Å². The van der Waals surface area contributed by atoms with E-state index in [9.17, 15) is 4.79 Å². The lowest BCUT2D eigenvalue weighted by Crippen LogP contribution is -2.02. The maximum Gasteiger partial charge on any atom is 0.331 e. The van der Waals surface area contributed by atoms with Crippen LogP contribution in [0.5, 0.6) is 11.5 Å².